The molecule has 0 aliphatic heterocycles. The lowest BCUT2D eigenvalue weighted by molar-refractivity contribution is -0.119. The zero-order valence-electron chi connectivity index (χ0n) is 10.8. The van der Waals surface area contributed by atoms with Crippen LogP contribution in [0.4, 0.5) is 8.78 Å². The number of pyridine rings is 1. The summed E-state index contributed by atoms with van der Waals surface area (Å²) in [5, 5.41) is 0. The van der Waals surface area contributed by atoms with E-state index in [1.165, 1.54) is 13.2 Å². The molecule has 1 fully saturated rings. The second-order valence-corrected chi connectivity index (χ2v) is 4.71. The number of nitrogens with zero attached hydrogens (tertiary/aromatic N) is 1. The lowest BCUT2D eigenvalue weighted by Gasteiger charge is -2.34. The predicted octanol–water partition coefficient (Wildman–Crippen LogP) is 2.60. The third kappa shape index (κ3) is 3.19. The number of hydrogen-bond donors (Lipinski definition) is 0. The standard InChI is InChI=1S/C13H15F2NO3/c1-8-11(4-3-10(16-8)12(17)18-2)19-7-9-5-13(14,15)6-9/h3-4,9H,5-7H2,1-2H3. The highest BCUT2D eigenvalue weighted by molar-refractivity contribution is 5.87. The normalized spacial score (nSPS) is 17.7. The highest BCUT2D eigenvalue weighted by atomic mass is 19.3. The van der Waals surface area contributed by atoms with E-state index in [1.54, 1.807) is 13.0 Å². The molecule has 0 atom stereocenters. The lowest BCUT2D eigenvalue weighted by Crippen LogP contribution is -2.38. The quantitative estimate of drug-likeness (QED) is 0.790. The molecule has 1 saturated carbocycles. The van der Waals surface area contributed by atoms with Gasteiger partial charge in [0, 0.05) is 18.8 Å². The van der Waals surface area contributed by atoms with Crippen molar-refractivity contribution in [1.29, 1.82) is 0 Å². The minimum atomic E-state index is -2.53. The maximum Gasteiger partial charge on any atom is 0.356 e. The highest BCUT2D eigenvalue weighted by Gasteiger charge is 2.45. The van der Waals surface area contributed by atoms with E-state index in [1.807, 2.05) is 0 Å². The minimum Gasteiger partial charge on any atom is -0.491 e. The van der Waals surface area contributed by atoms with Gasteiger partial charge in [-0.2, -0.15) is 0 Å². The summed E-state index contributed by atoms with van der Waals surface area (Å²) >= 11 is 0. The Kier molecular flexibility index (Phi) is 3.68. The molecule has 6 heteroatoms. The van der Waals surface area contributed by atoms with Crippen molar-refractivity contribution in [2.75, 3.05) is 13.7 Å². The Labute approximate surface area is 109 Å². The molecule has 0 aromatic carbocycles. The Morgan fingerprint density at radius 3 is 2.68 bits per heavy atom. The molecule has 1 aromatic heterocycles. The Balaban J connectivity index is 1.93. The summed E-state index contributed by atoms with van der Waals surface area (Å²) in [6.07, 6.45) is -0.251. The average Bonchev–Trinajstić information content (AvgIpc) is 2.33. The Hall–Kier alpha value is -1.72. The topological polar surface area (TPSA) is 48.4 Å². The summed E-state index contributed by atoms with van der Waals surface area (Å²) in [6.45, 7) is 1.94. The number of ether oxygens (including phenoxy) is 2. The van der Waals surface area contributed by atoms with E-state index in [2.05, 4.69) is 9.72 Å². The van der Waals surface area contributed by atoms with Crippen LogP contribution in [-0.2, 0) is 4.74 Å². The summed E-state index contributed by atoms with van der Waals surface area (Å²) in [4.78, 5) is 15.3. The van der Waals surface area contributed by atoms with Crippen LogP contribution >= 0.6 is 0 Å². The molecule has 0 bridgehead atoms. The van der Waals surface area contributed by atoms with Gasteiger partial charge in [0.2, 0.25) is 5.92 Å². The Morgan fingerprint density at radius 1 is 1.47 bits per heavy atom. The van der Waals surface area contributed by atoms with Gasteiger partial charge >= 0.3 is 5.97 Å². The van der Waals surface area contributed by atoms with Crippen molar-refractivity contribution in [2.45, 2.75) is 25.7 Å². The first-order valence-electron chi connectivity index (χ1n) is 5.98. The molecule has 1 aliphatic carbocycles. The van der Waals surface area contributed by atoms with Gasteiger partial charge in [-0.25, -0.2) is 18.6 Å². The first-order chi connectivity index (χ1) is 8.91. The summed E-state index contributed by atoms with van der Waals surface area (Å²) in [5.41, 5.74) is 0.733. The minimum absolute atomic E-state index is 0.116. The number of carbonyl (C=O) groups excluding carboxylic acids is 1. The Morgan fingerprint density at radius 2 is 2.16 bits per heavy atom. The Bertz CT molecular complexity index is 483. The molecule has 19 heavy (non-hydrogen) atoms. The first kappa shape index (κ1) is 13.7. The maximum atomic E-state index is 12.7. The number of esters is 1. The van der Waals surface area contributed by atoms with E-state index in [0.717, 1.165) is 0 Å². The third-order valence-electron chi connectivity index (χ3n) is 3.08. The maximum absolute atomic E-state index is 12.7. The van der Waals surface area contributed by atoms with Gasteiger partial charge in [0.25, 0.3) is 0 Å². The fourth-order valence-electron chi connectivity index (χ4n) is 2.03. The van der Waals surface area contributed by atoms with Crippen LogP contribution in [0.1, 0.15) is 29.0 Å². The number of carbonyl (C=O) groups is 1. The molecule has 0 unspecified atom stereocenters. The second-order valence-electron chi connectivity index (χ2n) is 4.71. The molecule has 2 rings (SSSR count). The average molecular weight is 271 g/mol. The van der Waals surface area contributed by atoms with Gasteiger partial charge in [0.05, 0.1) is 19.4 Å². The molecule has 0 radical (unpaired) electrons. The van der Waals surface area contributed by atoms with Gasteiger partial charge in [0.15, 0.2) is 0 Å². The number of aromatic nitrogens is 1. The molecular formula is C13H15F2NO3. The molecule has 0 spiro atoms. The van der Waals surface area contributed by atoms with E-state index in [9.17, 15) is 13.6 Å². The molecular weight excluding hydrogens is 256 g/mol. The van der Waals surface area contributed by atoms with Crippen molar-refractivity contribution in [1.82, 2.24) is 4.98 Å². The lowest BCUT2D eigenvalue weighted by atomic mass is 9.82. The van der Waals surface area contributed by atoms with Gasteiger partial charge in [-0.1, -0.05) is 0 Å². The third-order valence-corrected chi connectivity index (χ3v) is 3.08. The predicted molar refractivity (Wildman–Crippen MR) is 63.5 cm³/mol. The number of methoxy groups -OCH3 is 1. The van der Waals surface area contributed by atoms with E-state index in [-0.39, 0.29) is 31.1 Å². The van der Waals surface area contributed by atoms with Crippen molar-refractivity contribution in [3.8, 4) is 5.75 Å². The van der Waals surface area contributed by atoms with Crippen LogP contribution in [0.2, 0.25) is 0 Å². The molecule has 0 saturated heterocycles. The van der Waals surface area contributed by atoms with Gasteiger partial charge < -0.3 is 9.47 Å². The fourth-order valence-corrected chi connectivity index (χ4v) is 2.03. The second kappa shape index (κ2) is 5.11. The molecule has 104 valence electrons. The van der Waals surface area contributed by atoms with Crippen LogP contribution in [0.25, 0.3) is 0 Å². The molecule has 1 aliphatic rings. The largest absolute Gasteiger partial charge is 0.491 e. The zero-order valence-corrected chi connectivity index (χ0v) is 10.8. The van der Waals surface area contributed by atoms with E-state index >= 15 is 0 Å². The van der Waals surface area contributed by atoms with Crippen molar-refractivity contribution in [2.24, 2.45) is 5.92 Å². The summed E-state index contributed by atoms with van der Waals surface area (Å²) in [5.74, 6) is -2.67. The van der Waals surface area contributed by atoms with Gasteiger partial charge in [-0.15, -0.1) is 0 Å². The van der Waals surface area contributed by atoms with Crippen LogP contribution in [-0.4, -0.2) is 30.6 Å². The summed E-state index contributed by atoms with van der Waals surface area (Å²) in [6, 6.07) is 3.09. The van der Waals surface area contributed by atoms with Gasteiger partial charge in [0.1, 0.15) is 11.4 Å². The van der Waals surface area contributed by atoms with E-state index in [0.29, 0.717) is 11.4 Å². The van der Waals surface area contributed by atoms with Crippen LogP contribution in [0, 0.1) is 12.8 Å². The molecule has 0 amide bonds. The molecule has 0 N–H and O–H groups in total. The van der Waals surface area contributed by atoms with Crippen molar-refractivity contribution < 1.29 is 23.0 Å². The van der Waals surface area contributed by atoms with Gasteiger partial charge in [-0.05, 0) is 19.1 Å². The van der Waals surface area contributed by atoms with Crippen LogP contribution in [0.5, 0.6) is 5.75 Å². The van der Waals surface area contributed by atoms with Crippen LogP contribution in [0.15, 0.2) is 12.1 Å². The molecule has 4 nitrogen and oxygen atoms in total. The number of hydrogen-bond acceptors (Lipinski definition) is 4. The summed E-state index contributed by atoms with van der Waals surface area (Å²) < 4.78 is 35.3. The van der Waals surface area contributed by atoms with Crippen molar-refractivity contribution in [3.63, 3.8) is 0 Å². The number of alkyl halides is 2. The molecule has 1 heterocycles. The smallest absolute Gasteiger partial charge is 0.356 e. The zero-order chi connectivity index (χ0) is 14.0. The number of rotatable bonds is 4. The van der Waals surface area contributed by atoms with Crippen LogP contribution < -0.4 is 4.74 Å². The van der Waals surface area contributed by atoms with Crippen LogP contribution in [0.3, 0.4) is 0 Å². The van der Waals surface area contributed by atoms with Crippen molar-refractivity contribution >= 4 is 5.97 Å². The number of halogens is 2. The monoisotopic (exact) mass is 271 g/mol. The van der Waals surface area contributed by atoms with E-state index in [4.69, 9.17) is 4.74 Å². The highest BCUT2D eigenvalue weighted by Crippen LogP contribution is 2.42. The number of aryl methyl sites for hydroxylation is 1. The van der Waals surface area contributed by atoms with Crippen molar-refractivity contribution in [3.05, 3.63) is 23.5 Å². The fraction of sp³-hybridized carbons (Fsp3) is 0.538. The van der Waals surface area contributed by atoms with Gasteiger partial charge in [-0.3, -0.25) is 0 Å². The summed E-state index contributed by atoms with van der Waals surface area (Å²) in [7, 11) is 1.28. The SMILES string of the molecule is COC(=O)c1ccc(OCC2CC(F)(F)C2)c(C)n1. The van der Waals surface area contributed by atoms with E-state index < -0.39 is 11.9 Å². The molecule has 1 aromatic rings. The first-order valence-corrected chi connectivity index (χ1v) is 5.98.